The van der Waals surface area contributed by atoms with Crippen molar-refractivity contribution < 1.29 is 9.69 Å². The Kier molecular flexibility index (Phi) is 9.64. The van der Waals surface area contributed by atoms with Gasteiger partial charge in [-0.3, -0.25) is 4.21 Å². The van der Waals surface area contributed by atoms with Gasteiger partial charge in [-0.1, -0.05) is 0 Å². The van der Waals surface area contributed by atoms with E-state index in [1.165, 1.54) is 24.6 Å². The third-order valence-electron chi connectivity index (χ3n) is 2.64. The smallest absolute Gasteiger partial charge is 0.0362 e. The molecule has 2 aliphatic heterocycles. The second kappa shape index (κ2) is 9.41. The first-order valence-corrected chi connectivity index (χ1v) is 8.12. The SMILES string of the molecule is CN1CCS(=O)CC1.CN1CCSCC1.O. The summed E-state index contributed by atoms with van der Waals surface area (Å²) in [7, 11) is 3.74. The van der Waals surface area contributed by atoms with Crippen molar-refractivity contribution in [2.75, 3.05) is 63.3 Å². The van der Waals surface area contributed by atoms with Crippen molar-refractivity contribution in [1.82, 2.24) is 9.80 Å². The fourth-order valence-corrected chi connectivity index (χ4v) is 3.70. The van der Waals surface area contributed by atoms with E-state index in [-0.39, 0.29) is 5.48 Å². The van der Waals surface area contributed by atoms with Gasteiger partial charge in [0, 0.05) is 60.0 Å². The first kappa shape index (κ1) is 16.4. The maximum Gasteiger partial charge on any atom is 0.0362 e. The highest BCUT2D eigenvalue weighted by Gasteiger charge is 2.09. The summed E-state index contributed by atoms with van der Waals surface area (Å²) >= 11 is 2.06. The topological polar surface area (TPSA) is 55.1 Å². The van der Waals surface area contributed by atoms with Gasteiger partial charge in [0.15, 0.2) is 0 Å². The minimum Gasteiger partial charge on any atom is -0.412 e. The molecule has 2 saturated heterocycles. The average molecular weight is 268 g/mol. The summed E-state index contributed by atoms with van der Waals surface area (Å²) < 4.78 is 10.7. The third kappa shape index (κ3) is 7.62. The maximum atomic E-state index is 10.7. The molecule has 0 saturated carbocycles. The third-order valence-corrected chi connectivity index (χ3v) is 4.85. The van der Waals surface area contributed by atoms with Crippen molar-refractivity contribution in [1.29, 1.82) is 0 Å². The Balaban J connectivity index is 0.000000267. The minimum atomic E-state index is -0.503. The summed E-state index contributed by atoms with van der Waals surface area (Å²) in [6.45, 7) is 4.58. The molecule has 0 aliphatic carbocycles. The van der Waals surface area contributed by atoms with E-state index >= 15 is 0 Å². The number of thioether (sulfide) groups is 1. The number of rotatable bonds is 0. The standard InChI is InChI=1S/C5H11NOS.C5H11NS.H2O/c1-6-2-4-8(7)5-3-6;1-6-2-4-7-5-3-6;/h2-5H2,1H3;2-5H2,1H3;1H2. The molecule has 0 aromatic heterocycles. The van der Waals surface area contributed by atoms with Crippen LogP contribution in [0.15, 0.2) is 0 Å². The molecule has 98 valence electrons. The molecule has 0 aromatic rings. The Labute approximate surface area is 106 Å². The lowest BCUT2D eigenvalue weighted by Crippen LogP contribution is -2.34. The van der Waals surface area contributed by atoms with Crippen LogP contribution in [-0.4, -0.2) is 82.8 Å². The van der Waals surface area contributed by atoms with Crippen molar-refractivity contribution in [2.24, 2.45) is 0 Å². The van der Waals surface area contributed by atoms with E-state index in [0.29, 0.717) is 0 Å². The van der Waals surface area contributed by atoms with Crippen LogP contribution in [-0.2, 0) is 10.8 Å². The van der Waals surface area contributed by atoms with Crippen LogP contribution in [0.2, 0.25) is 0 Å². The van der Waals surface area contributed by atoms with Crippen LogP contribution in [0.5, 0.6) is 0 Å². The van der Waals surface area contributed by atoms with Gasteiger partial charge in [0.05, 0.1) is 0 Å². The summed E-state index contributed by atoms with van der Waals surface area (Å²) in [4.78, 5) is 4.58. The summed E-state index contributed by atoms with van der Waals surface area (Å²) in [5, 5.41) is 0. The molecule has 2 fully saturated rings. The summed E-state index contributed by atoms with van der Waals surface area (Å²) in [5.74, 6) is 4.40. The molecule has 4 nitrogen and oxygen atoms in total. The van der Waals surface area contributed by atoms with E-state index in [9.17, 15) is 4.21 Å². The Morgan fingerprint density at radius 1 is 0.938 bits per heavy atom. The van der Waals surface area contributed by atoms with Gasteiger partial charge in [-0.25, -0.2) is 0 Å². The van der Waals surface area contributed by atoms with Crippen LogP contribution in [0.1, 0.15) is 0 Å². The molecule has 2 N–H and O–H groups in total. The Morgan fingerprint density at radius 3 is 1.69 bits per heavy atom. The monoisotopic (exact) mass is 268 g/mol. The molecule has 2 aliphatic rings. The first-order valence-electron chi connectivity index (χ1n) is 5.48. The van der Waals surface area contributed by atoms with Crippen LogP contribution in [0.25, 0.3) is 0 Å². The van der Waals surface area contributed by atoms with Crippen molar-refractivity contribution in [3.8, 4) is 0 Å². The number of hydrogen-bond donors (Lipinski definition) is 0. The fraction of sp³-hybridized carbons (Fsp3) is 1.00. The lowest BCUT2D eigenvalue weighted by atomic mass is 10.6. The summed E-state index contributed by atoms with van der Waals surface area (Å²) in [6.07, 6.45) is 0. The van der Waals surface area contributed by atoms with E-state index < -0.39 is 10.8 Å². The normalized spacial score (nSPS) is 24.1. The van der Waals surface area contributed by atoms with E-state index in [1.54, 1.807) is 0 Å². The zero-order valence-electron chi connectivity index (χ0n) is 10.3. The van der Waals surface area contributed by atoms with E-state index in [2.05, 4.69) is 35.7 Å². The van der Waals surface area contributed by atoms with E-state index in [1.807, 2.05) is 0 Å². The lowest BCUT2D eigenvalue weighted by molar-refractivity contribution is 0.367. The van der Waals surface area contributed by atoms with Crippen molar-refractivity contribution in [2.45, 2.75) is 0 Å². The molecule has 2 rings (SSSR count). The van der Waals surface area contributed by atoms with Crippen molar-refractivity contribution >= 4 is 22.6 Å². The molecule has 0 radical (unpaired) electrons. The van der Waals surface area contributed by atoms with E-state index in [4.69, 9.17) is 0 Å². The average Bonchev–Trinajstić information content (AvgIpc) is 2.25. The molecule has 0 bridgehead atoms. The first-order chi connectivity index (χ1) is 7.18. The predicted molar refractivity (Wildman–Crippen MR) is 73.8 cm³/mol. The Morgan fingerprint density at radius 2 is 1.38 bits per heavy atom. The second-order valence-electron chi connectivity index (χ2n) is 4.07. The van der Waals surface area contributed by atoms with Gasteiger partial charge >= 0.3 is 0 Å². The van der Waals surface area contributed by atoms with Gasteiger partial charge in [-0.2, -0.15) is 11.8 Å². The Bertz CT molecular complexity index is 189. The molecule has 0 aromatic carbocycles. The highest BCUT2D eigenvalue weighted by molar-refractivity contribution is 7.99. The summed E-state index contributed by atoms with van der Waals surface area (Å²) in [6, 6.07) is 0. The second-order valence-corrected chi connectivity index (χ2v) is 6.99. The van der Waals surface area contributed by atoms with Gasteiger partial charge < -0.3 is 15.3 Å². The molecular formula is C10H24N2O2S2. The molecule has 16 heavy (non-hydrogen) atoms. The molecule has 0 unspecified atom stereocenters. The van der Waals surface area contributed by atoms with Crippen LogP contribution < -0.4 is 0 Å². The number of hydrogen-bond acceptors (Lipinski definition) is 4. The Hall–Kier alpha value is 0.380. The fourth-order valence-electron chi connectivity index (χ4n) is 1.38. The van der Waals surface area contributed by atoms with Gasteiger partial charge in [0.1, 0.15) is 0 Å². The lowest BCUT2D eigenvalue weighted by Gasteiger charge is -2.20. The molecular weight excluding hydrogens is 244 g/mol. The van der Waals surface area contributed by atoms with Gasteiger partial charge in [-0.05, 0) is 14.1 Å². The largest absolute Gasteiger partial charge is 0.412 e. The van der Waals surface area contributed by atoms with Crippen molar-refractivity contribution in [3.63, 3.8) is 0 Å². The minimum absolute atomic E-state index is 0. The summed E-state index contributed by atoms with van der Waals surface area (Å²) in [5.41, 5.74) is 0. The van der Waals surface area contributed by atoms with Gasteiger partial charge in [-0.15, -0.1) is 0 Å². The molecule has 2 heterocycles. The number of nitrogens with zero attached hydrogens (tertiary/aromatic N) is 2. The zero-order valence-corrected chi connectivity index (χ0v) is 11.9. The highest BCUT2D eigenvalue weighted by atomic mass is 32.2. The molecule has 6 heteroatoms. The maximum absolute atomic E-state index is 10.7. The van der Waals surface area contributed by atoms with E-state index in [0.717, 1.165) is 24.6 Å². The zero-order chi connectivity index (χ0) is 11.1. The van der Waals surface area contributed by atoms with Crippen LogP contribution >= 0.6 is 11.8 Å². The highest BCUT2D eigenvalue weighted by Crippen LogP contribution is 2.05. The van der Waals surface area contributed by atoms with Crippen LogP contribution in [0, 0.1) is 0 Å². The quantitative estimate of drug-likeness (QED) is 0.595. The van der Waals surface area contributed by atoms with Crippen LogP contribution in [0.3, 0.4) is 0 Å². The predicted octanol–water partition coefficient (Wildman–Crippen LogP) is -0.479. The van der Waals surface area contributed by atoms with Gasteiger partial charge in [0.2, 0.25) is 0 Å². The van der Waals surface area contributed by atoms with Crippen LogP contribution in [0.4, 0.5) is 0 Å². The van der Waals surface area contributed by atoms with Crippen molar-refractivity contribution in [3.05, 3.63) is 0 Å². The molecule has 0 atom stereocenters. The molecule has 0 amide bonds. The molecule has 0 spiro atoms. The van der Waals surface area contributed by atoms with Gasteiger partial charge in [0.25, 0.3) is 0 Å².